The Morgan fingerprint density at radius 2 is 1.86 bits per heavy atom. The van der Waals surface area contributed by atoms with Crippen molar-refractivity contribution in [2.75, 3.05) is 0 Å². The lowest BCUT2D eigenvalue weighted by Gasteiger charge is -2.29. The number of H-pyrrole nitrogens is 1. The van der Waals surface area contributed by atoms with E-state index in [0.29, 0.717) is 35.6 Å². The summed E-state index contributed by atoms with van der Waals surface area (Å²) in [5.74, 6) is -1.45. The number of hydrogen-bond acceptors (Lipinski definition) is 6. The van der Waals surface area contributed by atoms with Crippen LogP contribution in [0.5, 0.6) is 11.5 Å². The van der Waals surface area contributed by atoms with Crippen molar-refractivity contribution >= 4 is 16.9 Å². The third-order valence-electron chi connectivity index (χ3n) is 10.3. The normalized spacial score (nSPS) is 18.3. The summed E-state index contributed by atoms with van der Waals surface area (Å²) >= 11 is 0. The van der Waals surface area contributed by atoms with E-state index >= 15 is 8.78 Å². The number of ether oxygens (including phenoxy) is 1. The number of fused-ring (bicyclic) bond motifs is 10. The highest BCUT2D eigenvalue weighted by Gasteiger charge is 2.35. The fourth-order valence-electron chi connectivity index (χ4n) is 7.09. The van der Waals surface area contributed by atoms with Gasteiger partial charge in [0.05, 0.1) is 29.1 Å². The molecule has 7 rings (SSSR count). The maximum absolute atomic E-state index is 15.8. The van der Waals surface area contributed by atoms with Crippen LogP contribution in [-0.4, -0.2) is 45.8 Å². The molecule has 51 heavy (non-hydrogen) atoms. The SMILES string of the molecule is CC(Cc1cccc(C2(C)CCCCC(C)(C)c3cn(nn3)Cc3c(c(F)cc4[nH]ccc34)Oc3ccc(F)c(c3)-c3nc2nn3C)c1)C(=O)O. The molecule has 0 aliphatic carbocycles. The van der Waals surface area contributed by atoms with Gasteiger partial charge in [-0.1, -0.05) is 63.1 Å². The van der Waals surface area contributed by atoms with Gasteiger partial charge in [0.15, 0.2) is 23.2 Å². The topological polar surface area (TPSA) is 124 Å². The molecule has 12 heteroatoms. The molecule has 2 N–H and O–H groups in total. The van der Waals surface area contributed by atoms with Crippen molar-refractivity contribution in [2.45, 2.75) is 77.2 Å². The van der Waals surface area contributed by atoms with Gasteiger partial charge in [0.1, 0.15) is 11.6 Å². The van der Waals surface area contributed by atoms with Crippen molar-refractivity contribution in [1.29, 1.82) is 0 Å². The molecule has 3 aromatic carbocycles. The number of aromatic amines is 1. The maximum atomic E-state index is 15.8. The van der Waals surface area contributed by atoms with Crippen LogP contribution in [0.15, 0.2) is 67.0 Å². The van der Waals surface area contributed by atoms with E-state index in [0.717, 1.165) is 41.5 Å². The Labute approximate surface area is 294 Å². The summed E-state index contributed by atoms with van der Waals surface area (Å²) in [6.45, 7) is 8.27. The first-order valence-electron chi connectivity index (χ1n) is 17.2. The van der Waals surface area contributed by atoms with Gasteiger partial charge in [-0.15, -0.1) is 5.10 Å². The van der Waals surface area contributed by atoms with E-state index in [1.54, 1.807) is 29.5 Å². The number of nitrogens with zero attached hydrogens (tertiary/aromatic N) is 6. The zero-order chi connectivity index (χ0) is 36.1. The lowest BCUT2D eigenvalue weighted by atomic mass is 9.75. The fourth-order valence-corrected chi connectivity index (χ4v) is 7.09. The van der Waals surface area contributed by atoms with Gasteiger partial charge in [0, 0.05) is 47.4 Å². The van der Waals surface area contributed by atoms with Gasteiger partial charge < -0.3 is 14.8 Å². The van der Waals surface area contributed by atoms with Crippen LogP contribution in [0.1, 0.15) is 81.6 Å². The monoisotopic (exact) mass is 693 g/mol. The minimum atomic E-state index is -0.852. The van der Waals surface area contributed by atoms with Crippen LogP contribution in [0.4, 0.5) is 8.78 Å². The van der Waals surface area contributed by atoms with Gasteiger partial charge in [-0.25, -0.2) is 23.1 Å². The van der Waals surface area contributed by atoms with E-state index in [4.69, 9.17) is 14.8 Å². The molecule has 2 unspecified atom stereocenters. The van der Waals surface area contributed by atoms with E-state index in [2.05, 4.69) is 36.1 Å². The second kappa shape index (κ2) is 13.1. The number of rotatable bonds is 4. The van der Waals surface area contributed by atoms with Crippen LogP contribution in [0.25, 0.3) is 22.3 Å². The van der Waals surface area contributed by atoms with E-state index in [9.17, 15) is 9.90 Å². The predicted octanol–water partition coefficient (Wildman–Crippen LogP) is 8.09. The Morgan fingerprint density at radius 3 is 2.67 bits per heavy atom. The zero-order valence-corrected chi connectivity index (χ0v) is 29.4. The molecule has 10 nitrogen and oxygen atoms in total. The van der Waals surface area contributed by atoms with Gasteiger partial charge in [-0.3, -0.25) is 4.79 Å². The molecule has 6 aromatic rings. The molecule has 6 bridgehead atoms. The average Bonchev–Trinajstić information content (AvgIpc) is 3.86. The van der Waals surface area contributed by atoms with Gasteiger partial charge in [0.25, 0.3) is 0 Å². The number of carboxylic acids is 1. The molecule has 0 fully saturated rings. The van der Waals surface area contributed by atoms with Crippen molar-refractivity contribution in [2.24, 2.45) is 13.0 Å². The molecule has 2 atom stereocenters. The largest absolute Gasteiger partial charge is 0.481 e. The van der Waals surface area contributed by atoms with Crippen molar-refractivity contribution in [3.63, 3.8) is 0 Å². The van der Waals surface area contributed by atoms with Gasteiger partial charge in [0.2, 0.25) is 0 Å². The molecule has 0 saturated heterocycles. The molecular weight excluding hydrogens is 652 g/mol. The van der Waals surface area contributed by atoms with Crippen LogP contribution in [-0.2, 0) is 35.6 Å². The minimum Gasteiger partial charge on any atom is -0.481 e. The standard InChI is InChI=1S/C39H41F2N7O3/c1-23(36(49)50)17-24-9-8-10-25(18-24)39(4)15-7-6-14-38(2,3)33-22-48(46-44-33)21-29-27-13-16-42-32(27)20-31(41)34(29)51-26-11-12-30(40)28(19-26)35-43-37(39)45-47(35)5/h8-13,16,18-20,22-23,42H,6-7,14-15,17,21H2,1-5H3,(H,49,50). The lowest BCUT2D eigenvalue weighted by Crippen LogP contribution is -2.26. The summed E-state index contributed by atoms with van der Waals surface area (Å²) in [6.07, 6.45) is 7.24. The Balaban J connectivity index is 1.36. The van der Waals surface area contributed by atoms with Crippen LogP contribution in [0.2, 0.25) is 0 Å². The molecule has 0 spiro atoms. The molecule has 0 radical (unpaired) electrons. The number of carboxylic acid groups (broad SMARTS) is 1. The quantitative estimate of drug-likeness (QED) is 0.191. The second-order valence-corrected chi connectivity index (χ2v) is 14.6. The molecular formula is C39H41F2N7O3. The Hall–Kier alpha value is -5.39. The first kappa shape index (κ1) is 34.1. The maximum Gasteiger partial charge on any atom is 0.306 e. The fraction of sp³-hybridized carbons (Fsp3) is 0.359. The van der Waals surface area contributed by atoms with Crippen LogP contribution < -0.4 is 4.74 Å². The van der Waals surface area contributed by atoms with E-state index in [1.807, 2.05) is 36.5 Å². The Morgan fingerprint density at radius 1 is 1.06 bits per heavy atom. The summed E-state index contributed by atoms with van der Waals surface area (Å²) in [5, 5.41) is 24.2. The van der Waals surface area contributed by atoms with Gasteiger partial charge >= 0.3 is 5.97 Å². The second-order valence-electron chi connectivity index (χ2n) is 14.6. The average molecular weight is 694 g/mol. The number of carbonyl (C=O) groups is 1. The third kappa shape index (κ3) is 6.50. The summed E-state index contributed by atoms with van der Waals surface area (Å²) in [6, 6.07) is 15.4. The van der Waals surface area contributed by atoms with Crippen molar-refractivity contribution in [1.82, 2.24) is 34.7 Å². The number of aromatic nitrogens is 7. The van der Waals surface area contributed by atoms with Gasteiger partial charge in [-0.05, 0) is 61.6 Å². The number of hydrogen-bond donors (Lipinski definition) is 2. The lowest BCUT2D eigenvalue weighted by molar-refractivity contribution is -0.141. The molecule has 0 saturated carbocycles. The zero-order valence-electron chi connectivity index (χ0n) is 29.4. The Bertz CT molecular complexity index is 2250. The first-order valence-corrected chi connectivity index (χ1v) is 17.2. The highest BCUT2D eigenvalue weighted by molar-refractivity contribution is 5.85. The van der Waals surface area contributed by atoms with Crippen molar-refractivity contribution in [3.8, 4) is 22.9 Å². The van der Waals surface area contributed by atoms with Crippen LogP contribution in [0.3, 0.4) is 0 Å². The highest BCUT2D eigenvalue weighted by atomic mass is 19.1. The predicted molar refractivity (Wildman–Crippen MR) is 189 cm³/mol. The molecule has 1 aliphatic heterocycles. The number of benzene rings is 3. The summed E-state index contributed by atoms with van der Waals surface area (Å²) in [4.78, 5) is 19.7. The number of aryl methyl sites for hydroxylation is 1. The van der Waals surface area contributed by atoms with Crippen LogP contribution in [0, 0.1) is 17.6 Å². The van der Waals surface area contributed by atoms with Crippen molar-refractivity contribution in [3.05, 3.63) is 107 Å². The summed E-state index contributed by atoms with van der Waals surface area (Å²) in [5.41, 5.74) is 3.03. The van der Waals surface area contributed by atoms with Crippen LogP contribution >= 0.6 is 0 Å². The van der Waals surface area contributed by atoms with Crippen molar-refractivity contribution < 1.29 is 23.4 Å². The first-order chi connectivity index (χ1) is 24.3. The highest BCUT2D eigenvalue weighted by Crippen LogP contribution is 2.40. The summed E-state index contributed by atoms with van der Waals surface area (Å²) < 4.78 is 41.0. The molecule has 264 valence electrons. The minimum absolute atomic E-state index is 0.0113. The summed E-state index contributed by atoms with van der Waals surface area (Å²) in [7, 11) is 1.72. The number of halogens is 2. The molecule has 4 heterocycles. The van der Waals surface area contributed by atoms with E-state index in [-0.39, 0.29) is 29.0 Å². The number of nitrogens with one attached hydrogen (secondary N) is 1. The third-order valence-corrected chi connectivity index (χ3v) is 10.3. The van der Waals surface area contributed by atoms with E-state index < -0.39 is 28.9 Å². The number of aliphatic carboxylic acids is 1. The Kier molecular flexibility index (Phi) is 8.72. The van der Waals surface area contributed by atoms with Gasteiger partial charge in [-0.2, -0.15) is 5.10 Å². The molecule has 3 aromatic heterocycles. The molecule has 0 amide bonds. The smallest absolute Gasteiger partial charge is 0.306 e. The molecule has 1 aliphatic rings. The van der Waals surface area contributed by atoms with E-state index in [1.165, 1.54) is 24.3 Å².